The van der Waals surface area contributed by atoms with Crippen LogP contribution in [0.2, 0.25) is 10.0 Å². The topological polar surface area (TPSA) is 195 Å². The van der Waals surface area contributed by atoms with Gasteiger partial charge in [-0.3, -0.25) is 9.05 Å². The van der Waals surface area contributed by atoms with Gasteiger partial charge in [-0.2, -0.15) is 15.6 Å². The number of fused-ring (bicyclic) bond motifs is 2. The highest BCUT2D eigenvalue weighted by molar-refractivity contribution is 7.49. The molecule has 1 unspecified atom stereocenters. The van der Waals surface area contributed by atoms with Gasteiger partial charge in [0.25, 0.3) is 0 Å². The lowest BCUT2D eigenvalue weighted by molar-refractivity contribution is -0.204. The minimum absolute atomic E-state index is 0.0181. The second-order valence-corrected chi connectivity index (χ2v) is 19.8. The molecule has 2 aromatic heterocycles. The van der Waals surface area contributed by atoms with E-state index in [1.165, 1.54) is 83.0 Å². The van der Waals surface area contributed by atoms with Gasteiger partial charge in [0.15, 0.2) is 11.6 Å². The van der Waals surface area contributed by atoms with Crippen LogP contribution < -0.4 is 10.3 Å². The second-order valence-electron chi connectivity index (χ2n) is 17.4. The predicted octanol–water partition coefficient (Wildman–Crippen LogP) is 11.6. The van der Waals surface area contributed by atoms with Crippen molar-refractivity contribution in [2.75, 3.05) is 32.2 Å². The number of rotatable bonds is 29. The van der Waals surface area contributed by atoms with Gasteiger partial charge >= 0.3 is 7.82 Å². The van der Waals surface area contributed by atoms with Crippen molar-refractivity contribution >= 4 is 42.4 Å². The molecule has 0 saturated carbocycles. The molecule has 4 aromatic rings. The molecule has 358 valence electrons. The lowest BCUT2D eigenvalue weighted by Crippen LogP contribution is -2.46. The number of benzene rings is 2. The molecule has 0 spiro atoms. The first-order chi connectivity index (χ1) is 31.9. The van der Waals surface area contributed by atoms with Gasteiger partial charge in [-0.25, -0.2) is 14.1 Å². The summed E-state index contributed by atoms with van der Waals surface area (Å²) >= 11 is 12.8. The number of nitrogen functional groups attached to an aromatic ring is 1. The second kappa shape index (κ2) is 25.0. The molecule has 2 aliphatic heterocycles. The van der Waals surface area contributed by atoms with Gasteiger partial charge in [0.2, 0.25) is 5.60 Å². The summed E-state index contributed by atoms with van der Waals surface area (Å²) in [6, 6.07) is 19.2. The Morgan fingerprint density at radius 2 is 1.58 bits per heavy atom. The van der Waals surface area contributed by atoms with E-state index in [2.05, 4.69) is 29.1 Å². The number of nitriles is 2. The first kappa shape index (κ1) is 51.6. The molecule has 6 rings (SSSR count). The Morgan fingerprint density at radius 1 is 0.879 bits per heavy atom. The Morgan fingerprint density at radius 3 is 2.26 bits per heavy atom. The molecule has 2 N–H and O–H groups in total. The fraction of sp³-hybridized carbons (Fsp3) is 0.583. The van der Waals surface area contributed by atoms with Crippen molar-refractivity contribution in [2.24, 2.45) is 0 Å². The zero-order valence-corrected chi connectivity index (χ0v) is 40.6. The third kappa shape index (κ3) is 14.3. The lowest BCUT2D eigenvalue weighted by Gasteiger charge is -2.30. The number of para-hydroxylation sites is 1. The van der Waals surface area contributed by atoms with Crippen LogP contribution in [0.15, 0.2) is 60.9 Å². The molecule has 2 fully saturated rings. The molecular weight excluding hydrogens is 906 g/mol. The molecule has 0 radical (unpaired) electrons. The first-order valence-corrected chi connectivity index (χ1v) is 25.3. The van der Waals surface area contributed by atoms with Crippen LogP contribution in [0.5, 0.6) is 5.75 Å². The molecule has 0 bridgehead atoms. The third-order valence-corrected chi connectivity index (χ3v) is 13.5. The first-order valence-electron chi connectivity index (χ1n) is 23.1. The Bertz CT molecular complexity index is 2310. The van der Waals surface area contributed by atoms with Gasteiger partial charge in [-0.05, 0) is 68.3 Å². The van der Waals surface area contributed by atoms with E-state index in [1.54, 1.807) is 66.9 Å². The summed E-state index contributed by atoms with van der Waals surface area (Å²) in [6.45, 7) is 5.34. The summed E-state index contributed by atoms with van der Waals surface area (Å²) in [5, 5.41) is 25.3. The molecule has 0 amide bonds. The van der Waals surface area contributed by atoms with Crippen LogP contribution >= 0.6 is 31.0 Å². The molecule has 2 aliphatic rings. The van der Waals surface area contributed by atoms with E-state index in [-0.39, 0.29) is 36.4 Å². The van der Waals surface area contributed by atoms with E-state index in [1.807, 2.05) is 0 Å². The number of halogens is 2. The average molecular weight is 970 g/mol. The number of ether oxygens (including phenoxy) is 5. The number of nitrogens with zero attached hydrogens (tertiary/aromatic N) is 5. The molecule has 2 saturated heterocycles. The number of anilines is 1. The van der Waals surface area contributed by atoms with Gasteiger partial charge in [-0.1, -0.05) is 126 Å². The Kier molecular flexibility index (Phi) is 19.5. The smallest absolute Gasteiger partial charge is 0.402 e. The van der Waals surface area contributed by atoms with Crippen LogP contribution in [0.4, 0.5) is 5.82 Å². The number of phosphoric ester groups is 1. The highest BCUT2D eigenvalue weighted by Gasteiger charge is 2.65. The molecule has 6 atom stereocenters. The van der Waals surface area contributed by atoms with Crippen LogP contribution in [0.1, 0.15) is 134 Å². The SMILES string of the molecule is CCCCCCCCCCCCCCCCOC[C@@H](COP(=O)(OC[C@@]1(C#N)O[C@@H](c2ccc3c(N)ncnn23)[C@@H]2OC(C)(C)O[C@@H]21)Oc1ccccc1Cl)OCc1cc(Cl)cc(C#N)c1. The molecule has 0 aliphatic carbocycles. The van der Waals surface area contributed by atoms with Crippen molar-refractivity contribution in [1.29, 1.82) is 10.5 Å². The Hall–Kier alpha value is -3.83. The van der Waals surface area contributed by atoms with Crippen molar-refractivity contribution in [1.82, 2.24) is 14.6 Å². The van der Waals surface area contributed by atoms with E-state index in [0.29, 0.717) is 34.0 Å². The van der Waals surface area contributed by atoms with Gasteiger partial charge in [0.1, 0.15) is 54.7 Å². The maximum absolute atomic E-state index is 14.9. The number of aromatic nitrogens is 3. The number of hydrogen-bond donors (Lipinski definition) is 1. The summed E-state index contributed by atoms with van der Waals surface area (Å²) in [7, 11) is -4.67. The van der Waals surface area contributed by atoms with Crippen LogP contribution in [0.3, 0.4) is 0 Å². The fourth-order valence-electron chi connectivity index (χ4n) is 8.24. The van der Waals surface area contributed by atoms with E-state index in [4.69, 9.17) is 66.2 Å². The van der Waals surface area contributed by atoms with E-state index < -0.39 is 50.2 Å². The van der Waals surface area contributed by atoms with Gasteiger partial charge < -0.3 is 33.9 Å². The summed E-state index contributed by atoms with van der Waals surface area (Å²) in [4.78, 5) is 4.07. The fourth-order valence-corrected chi connectivity index (χ4v) is 10.0. The number of unbranched alkanes of at least 4 members (excludes halogenated alkanes) is 13. The standard InChI is InChI=1S/C48H63Cl2N6O9P/c1-4-5-6-7-8-9-10-11-12-13-14-15-16-19-24-58-30-38(59-29-36-25-35(28-51)26-37(49)27-36)31-60-66(57,65-42-21-18-17-20-39(42)50)61-33-48(32-52)45-44(62-47(2,3)64-45)43(63-48)40-22-23-41-46(53)54-34-55-56(40)41/h17-18,20-23,25-27,34,38,43-45H,4-16,19,24,29-31,33H2,1-3H3,(H2,53,54,55)/t38-,43-,44-,45-,48+,66?/m0/s1. The maximum Gasteiger partial charge on any atom is 0.530 e. The molecular formula is C48H63Cl2N6O9P. The lowest BCUT2D eigenvalue weighted by atomic mass is 9.96. The summed E-state index contributed by atoms with van der Waals surface area (Å²) in [5.74, 6) is -0.853. The highest BCUT2D eigenvalue weighted by Crippen LogP contribution is 2.55. The number of hydrogen-bond acceptors (Lipinski definition) is 14. The molecule has 4 heterocycles. The number of nitrogens with two attached hydrogens (primary N) is 1. The monoisotopic (exact) mass is 968 g/mol. The quantitative estimate of drug-likeness (QED) is 0.0399. The van der Waals surface area contributed by atoms with E-state index in [9.17, 15) is 15.1 Å². The van der Waals surface area contributed by atoms with Gasteiger partial charge in [0, 0.05) is 11.6 Å². The highest BCUT2D eigenvalue weighted by atomic mass is 35.5. The molecule has 66 heavy (non-hydrogen) atoms. The zero-order valence-electron chi connectivity index (χ0n) is 38.2. The Balaban J connectivity index is 1.11. The predicted molar refractivity (Wildman–Crippen MR) is 251 cm³/mol. The maximum atomic E-state index is 14.9. The minimum atomic E-state index is -4.67. The molecule has 2 aromatic carbocycles. The van der Waals surface area contributed by atoms with Gasteiger partial charge in [0.05, 0.1) is 42.2 Å². The summed E-state index contributed by atoms with van der Waals surface area (Å²) in [5.41, 5.74) is 6.32. The average Bonchev–Trinajstić information content (AvgIpc) is 3.97. The van der Waals surface area contributed by atoms with E-state index in [0.717, 1.165) is 19.3 Å². The Labute approximate surface area is 398 Å². The summed E-state index contributed by atoms with van der Waals surface area (Å²) < 4.78 is 66.0. The van der Waals surface area contributed by atoms with E-state index >= 15 is 0 Å². The van der Waals surface area contributed by atoms with Crippen LogP contribution in [-0.4, -0.2) is 70.7 Å². The normalized spacial score (nSPS) is 21.3. The van der Waals surface area contributed by atoms with Crippen molar-refractivity contribution in [3.63, 3.8) is 0 Å². The molecule has 18 heteroatoms. The molecule has 15 nitrogen and oxygen atoms in total. The van der Waals surface area contributed by atoms with Crippen LogP contribution in [0.25, 0.3) is 5.52 Å². The van der Waals surface area contributed by atoms with Crippen LogP contribution in [0, 0.1) is 22.7 Å². The van der Waals surface area contributed by atoms with Crippen molar-refractivity contribution in [2.45, 2.75) is 153 Å². The minimum Gasteiger partial charge on any atom is -0.402 e. The van der Waals surface area contributed by atoms with Crippen molar-refractivity contribution in [3.8, 4) is 17.9 Å². The third-order valence-electron chi connectivity index (χ3n) is 11.6. The van der Waals surface area contributed by atoms with Crippen molar-refractivity contribution in [3.05, 3.63) is 87.8 Å². The summed E-state index contributed by atoms with van der Waals surface area (Å²) in [6.07, 6.45) is 15.3. The van der Waals surface area contributed by atoms with Gasteiger partial charge in [-0.15, -0.1) is 0 Å². The van der Waals surface area contributed by atoms with Crippen molar-refractivity contribution < 1.29 is 41.8 Å². The number of phosphoric acid groups is 1. The van der Waals surface area contributed by atoms with Crippen LogP contribution in [-0.2, 0) is 43.9 Å². The largest absolute Gasteiger partial charge is 0.530 e. The zero-order chi connectivity index (χ0) is 47.0.